The lowest BCUT2D eigenvalue weighted by Gasteiger charge is -2.44. The highest BCUT2D eigenvalue weighted by Crippen LogP contribution is 2.50. The Morgan fingerprint density at radius 1 is 1.04 bits per heavy atom. The van der Waals surface area contributed by atoms with Gasteiger partial charge in [0.1, 0.15) is 5.75 Å². The second kappa shape index (κ2) is 7.26. The van der Waals surface area contributed by atoms with Crippen molar-refractivity contribution in [3.63, 3.8) is 0 Å². The quantitative estimate of drug-likeness (QED) is 0.792. The molecule has 3 aliphatic rings. The first-order chi connectivity index (χ1) is 13.5. The molecule has 0 N–H and O–H groups in total. The molecule has 1 aromatic rings. The molecule has 28 heavy (non-hydrogen) atoms. The summed E-state index contributed by atoms with van der Waals surface area (Å²) in [7, 11) is 1.57. The number of nitrogens with zero attached hydrogens (tertiary/aromatic N) is 1. The van der Waals surface area contributed by atoms with Gasteiger partial charge in [-0.25, -0.2) is 0 Å². The Hall–Kier alpha value is -2.89. The van der Waals surface area contributed by atoms with Crippen molar-refractivity contribution in [1.82, 2.24) is 4.90 Å². The van der Waals surface area contributed by atoms with Gasteiger partial charge in [-0.2, -0.15) is 0 Å². The van der Waals surface area contributed by atoms with Crippen LogP contribution in [-0.2, 0) is 14.4 Å². The van der Waals surface area contributed by atoms with Crippen molar-refractivity contribution < 1.29 is 24.2 Å². The molecule has 6 heteroatoms. The second-order valence-corrected chi connectivity index (χ2v) is 7.41. The molecule has 0 unspecified atom stereocenters. The third-order valence-corrected chi connectivity index (χ3v) is 5.82. The maximum Gasteiger partial charge on any atom is 0.161 e. The van der Waals surface area contributed by atoms with Crippen LogP contribution in [0.5, 0.6) is 5.75 Å². The highest BCUT2D eigenvalue weighted by atomic mass is 16.5. The Morgan fingerprint density at radius 3 is 2.14 bits per heavy atom. The van der Waals surface area contributed by atoms with Crippen LogP contribution >= 0.6 is 0 Å². The zero-order chi connectivity index (χ0) is 19.8. The fourth-order valence-corrected chi connectivity index (χ4v) is 4.75. The van der Waals surface area contributed by atoms with E-state index in [-0.39, 0.29) is 18.1 Å². The fraction of sp³-hybridized carbons (Fsp3) is 0.409. The van der Waals surface area contributed by atoms with Gasteiger partial charge in [-0.05, 0) is 31.7 Å². The minimum atomic E-state index is -1.22. The topological polar surface area (TPSA) is 86.7 Å². The molecular weight excluding hydrogens is 358 g/mol. The molecule has 2 aliphatic carbocycles. The van der Waals surface area contributed by atoms with Crippen molar-refractivity contribution in [2.24, 2.45) is 0 Å². The van der Waals surface area contributed by atoms with Gasteiger partial charge in [0.25, 0.3) is 0 Å². The van der Waals surface area contributed by atoms with Crippen LogP contribution in [0.2, 0.25) is 0 Å². The summed E-state index contributed by atoms with van der Waals surface area (Å²) in [5.74, 6) is -1.14. The molecule has 0 saturated carbocycles. The van der Waals surface area contributed by atoms with Crippen molar-refractivity contribution in [3.8, 4) is 5.75 Å². The first kappa shape index (κ1) is 18.5. The van der Waals surface area contributed by atoms with Gasteiger partial charge in [-0.1, -0.05) is 18.2 Å². The van der Waals surface area contributed by atoms with E-state index in [1.807, 2.05) is 24.3 Å². The molecule has 146 valence electrons. The Labute approximate surface area is 163 Å². The van der Waals surface area contributed by atoms with E-state index in [0.29, 0.717) is 55.4 Å². The highest BCUT2D eigenvalue weighted by Gasteiger charge is 2.43. The van der Waals surface area contributed by atoms with E-state index in [2.05, 4.69) is 0 Å². The standard InChI is InChI=1S/C22H23NO5/c1-28-18-11-3-2-6-13(18)20-21-14(7-4-9-16(21)24)23(12-19(26)27)15-8-5-10-17(25)22(15)20/h2-3,6,11,20H,4-5,7-10,12H2,1H3,(H,26,27)/p-1. The number of benzene rings is 1. The van der Waals surface area contributed by atoms with E-state index in [4.69, 9.17) is 4.74 Å². The SMILES string of the molecule is COc1ccccc1C1C2=C(CCCC2=O)N(CC(=O)[O-])C2=C1C(=O)CCC2. The van der Waals surface area contributed by atoms with Crippen LogP contribution in [0.3, 0.4) is 0 Å². The van der Waals surface area contributed by atoms with E-state index < -0.39 is 11.9 Å². The summed E-state index contributed by atoms with van der Waals surface area (Å²) in [6.07, 6.45) is 3.39. The van der Waals surface area contributed by atoms with Crippen LogP contribution < -0.4 is 9.84 Å². The van der Waals surface area contributed by atoms with Gasteiger partial charge in [-0.3, -0.25) is 9.59 Å². The summed E-state index contributed by atoms with van der Waals surface area (Å²) in [5.41, 5.74) is 3.33. The Balaban J connectivity index is 1.99. The summed E-state index contributed by atoms with van der Waals surface area (Å²) in [5, 5.41) is 11.4. The zero-order valence-electron chi connectivity index (χ0n) is 15.8. The molecule has 0 spiro atoms. The van der Waals surface area contributed by atoms with Crippen molar-refractivity contribution in [3.05, 3.63) is 52.4 Å². The molecule has 4 rings (SSSR count). The first-order valence-corrected chi connectivity index (χ1v) is 9.65. The third-order valence-electron chi connectivity index (χ3n) is 5.82. The van der Waals surface area contributed by atoms with Gasteiger partial charge in [0.2, 0.25) is 0 Å². The van der Waals surface area contributed by atoms with Crippen molar-refractivity contribution in [1.29, 1.82) is 0 Å². The van der Waals surface area contributed by atoms with Gasteiger partial charge in [0, 0.05) is 46.9 Å². The number of rotatable bonds is 4. The minimum Gasteiger partial charge on any atom is -0.548 e. The third kappa shape index (κ3) is 2.93. The number of ketones is 2. The molecule has 1 aromatic carbocycles. The van der Waals surface area contributed by atoms with Crippen LogP contribution in [0.25, 0.3) is 0 Å². The van der Waals surface area contributed by atoms with E-state index in [9.17, 15) is 19.5 Å². The molecule has 0 aromatic heterocycles. The molecule has 1 aliphatic heterocycles. The average molecular weight is 380 g/mol. The summed E-state index contributed by atoms with van der Waals surface area (Å²) in [6.45, 7) is -0.336. The van der Waals surface area contributed by atoms with Crippen LogP contribution in [0.1, 0.15) is 50.0 Å². The molecule has 0 atom stereocenters. The lowest BCUT2D eigenvalue weighted by Crippen LogP contribution is -2.44. The van der Waals surface area contributed by atoms with Crippen LogP contribution in [0.4, 0.5) is 0 Å². The zero-order valence-corrected chi connectivity index (χ0v) is 15.8. The molecule has 0 fully saturated rings. The molecule has 6 nitrogen and oxygen atoms in total. The van der Waals surface area contributed by atoms with Crippen LogP contribution in [0, 0.1) is 0 Å². The maximum absolute atomic E-state index is 13.0. The number of hydrogen-bond donors (Lipinski definition) is 0. The number of carbonyl (C=O) groups is 3. The lowest BCUT2D eigenvalue weighted by atomic mass is 9.70. The monoisotopic (exact) mass is 380 g/mol. The fourth-order valence-electron chi connectivity index (χ4n) is 4.75. The molecular formula is C22H22NO5-. The van der Waals surface area contributed by atoms with E-state index in [1.165, 1.54) is 0 Å². The van der Waals surface area contributed by atoms with Gasteiger partial charge in [-0.15, -0.1) is 0 Å². The largest absolute Gasteiger partial charge is 0.548 e. The number of para-hydroxylation sites is 1. The number of hydrogen-bond acceptors (Lipinski definition) is 6. The predicted molar refractivity (Wildman–Crippen MR) is 99.2 cm³/mol. The number of Topliss-reactive ketones (excluding diaryl/α,β-unsaturated/α-hetero) is 2. The Kier molecular flexibility index (Phi) is 4.79. The van der Waals surface area contributed by atoms with E-state index >= 15 is 0 Å². The number of carboxylic acid groups (broad SMARTS) is 1. The normalized spacial score (nSPS) is 20.2. The molecule has 0 amide bonds. The summed E-state index contributed by atoms with van der Waals surface area (Å²) in [4.78, 5) is 39.1. The number of carboxylic acids is 1. The van der Waals surface area contributed by atoms with E-state index in [1.54, 1.807) is 12.0 Å². The number of ether oxygens (including phenoxy) is 1. The molecule has 0 bridgehead atoms. The van der Waals surface area contributed by atoms with E-state index in [0.717, 1.165) is 17.0 Å². The number of methoxy groups -OCH3 is 1. The van der Waals surface area contributed by atoms with Crippen LogP contribution in [-0.4, -0.2) is 36.1 Å². The smallest absolute Gasteiger partial charge is 0.161 e. The minimum absolute atomic E-state index is 0.0228. The maximum atomic E-state index is 13.0. The van der Waals surface area contributed by atoms with Gasteiger partial charge >= 0.3 is 0 Å². The summed E-state index contributed by atoms with van der Waals surface area (Å²) < 4.78 is 5.53. The van der Waals surface area contributed by atoms with Crippen molar-refractivity contribution in [2.45, 2.75) is 44.4 Å². The number of allylic oxidation sites excluding steroid dienone is 4. The predicted octanol–water partition coefficient (Wildman–Crippen LogP) is 1.86. The van der Waals surface area contributed by atoms with Crippen molar-refractivity contribution in [2.75, 3.05) is 13.7 Å². The number of aliphatic carboxylic acids is 1. The Bertz CT molecular complexity index is 883. The highest BCUT2D eigenvalue weighted by molar-refractivity contribution is 6.06. The van der Waals surface area contributed by atoms with Crippen molar-refractivity contribution >= 4 is 17.5 Å². The van der Waals surface area contributed by atoms with Gasteiger partial charge < -0.3 is 19.5 Å². The molecule has 0 saturated heterocycles. The first-order valence-electron chi connectivity index (χ1n) is 9.65. The number of carbonyl (C=O) groups excluding carboxylic acids is 3. The Morgan fingerprint density at radius 2 is 1.61 bits per heavy atom. The van der Waals surface area contributed by atoms with Gasteiger partial charge in [0.05, 0.1) is 19.6 Å². The second-order valence-electron chi connectivity index (χ2n) is 7.41. The summed E-state index contributed by atoms with van der Waals surface area (Å²) >= 11 is 0. The average Bonchev–Trinajstić information content (AvgIpc) is 2.68. The lowest BCUT2D eigenvalue weighted by molar-refractivity contribution is -0.305. The van der Waals surface area contributed by atoms with Gasteiger partial charge in [0.15, 0.2) is 11.6 Å². The summed E-state index contributed by atoms with van der Waals surface area (Å²) in [6, 6.07) is 7.43. The van der Waals surface area contributed by atoms with Crippen LogP contribution in [0.15, 0.2) is 46.8 Å². The molecule has 0 radical (unpaired) electrons. The molecule has 1 heterocycles.